The minimum atomic E-state index is -0.0844. The summed E-state index contributed by atoms with van der Waals surface area (Å²) in [5.74, 6) is 0.299. The van der Waals surface area contributed by atoms with Crippen molar-refractivity contribution in [1.82, 2.24) is 10.2 Å². The van der Waals surface area contributed by atoms with E-state index in [0.717, 1.165) is 52.2 Å². The van der Waals surface area contributed by atoms with Crippen molar-refractivity contribution in [1.29, 1.82) is 0 Å². The molecule has 0 amide bonds. The second kappa shape index (κ2) is 6.33. The Kier molecular flexibility index (Phi) is 4.76. The van der Waals surface area contributed by atoms with E-state index in [1.165, 1.54) is 7.11 Å². The number of nitrogens with zero attached hydrogens (tertiary/aromatic N) is 1. The van der Waals surface area contributed by atoms with Gasteiger partial charge in [-0.15, -0.1) is 0 Å². The molecule has 98 valence electrons. The SMILES string of the molecule is COC(=O)C(C1CCOCC1)N1CCNCC1. The Morgan fingerprint density at radius 1 is 1.35 bits per heavy atom. The Bertz CT molecular complexity index is 230. The molecule has 0 aliphatic carbocycles. The van der Waals surface area contributed by atoms with Gasteiger partial charge in [0.25, 0.3) is 0 Å². The molecule has 0 radical (unpaired) electrons. The van der Waals surface area contributed by atoms with E-state index >= 15 is 0 Å². The lowest BCUT2D eigenvalue weighted by atomic mass is 9.90. The molecule has 0 saturated carbocycles. The van der Waals surface area contributed by atoms with E-state index < -0.39 is 0 Å². The molecule has 0 aromatic carbocycles. The molecule has 1 atom stereocenters. The number of esters is 1. The van der Waals surface area contributed by atoms with Crippen molar-refractivity contribution in [3.05, 3.63) is 0 Å². The molecule has 1 unspecified atom stereocenters. The van der Waals surface area contributed by atoms with Crippen molar-refractivity contribution in [3.63, 3.8) is 0 Å². The van der Waals surface area contributed by atoms with E-state index in [1.807, 2.05) is 0 Å². The maximum atomic E-state index is 12.0. The molecule has 2 heterocycles. The van der Waals surface area contributed by atoms with Crippen LogP contribution in [0.1, 0.15) is 12.8 Å². The largest absolute Gasteiger partial charge is 0.468 e. The molecular weight excluding hydrogens is 220 g/mol. The molecule has 0 spiro atoms. The third-order valence-corrected chi connectivity index (χ3v) is 3.70. The van der Waals surface area contributed by atoms with Gasteiger partial charge in [-0.3, -0.25) is 9.69 Å². The van der Waals surface area contributed by atoms with Gasteiger partial charge >= 0.3 is 5.97 Å². The van der Waals surface area contributed by atoms with Crippen molar-refractivity contribution in [3.8, 4) is 0 Å². The Hall–Kier alpha value is -0.650. The van der Waals surface area contributed by atoms with Gasteiger partial charge in [0.05, 0.1) is 7.11 Å². The summed E-state index contributed by atoms with van der Waals surface area (Å²) in [5.41, 5.74) is 0. The summed E-state index contributed by atoms with van der Waals surface area (Å²) in [6, 6.07) is -0.0778. The molecule has 1 N–H and O–H groups in total. The topological polar surface area (TPSA) is 50.8 Å². The Balaban J connectivity index is 2.02. The highest BCUT2D eigenvalue weighted by atomic mass is 16.5. The van der Waals surface area contributed by atoms with Gasteiger partial charge in [0, 0.05) is 39.4 Å². The lowest BCUT2D eigenvalue weighted by Crippen LogP contribution is -2.55. The summed E-state index contributed by atoms with van der Waals surface area (Å²) < 4.78 is 10.3. The van der Waals surface area contributed by atoms with E-state index in [2.05, 4.69) is 10.2 Å². The fourth-order valence-electron chi connectivity index (χ4n) is 2.75. The summed E-state index contributed by atoms with van der Waals surface area (Å²) >= 11 is 0. The second-order valence-corrected chi connectivity index (χ2v) is 4.70. The maximum Gasteiger partial charge on any atom is 0.323 e. The lowest BCUT2D eigenvalue weighted by molar-refractivity contribution is -0.151. The lowest BCUT2D eigenvalue weighted by Gasteiger charge is -2.38. The molecule has 2 aliphatic rings. The summed E-state index contributed by atoms with van der Waals surface area (Å²) in [7, 11) is 1.48. The first-order valence-electron chi connectivity index (χ1n) is 6.43. The summed E-state index contributed by atoms with van der Waals surface area (Å²) in [4.78, 5) is 14.2. The maximum absolute atomic E-state index is 12.0. The fourth-order valence-corrected chi connectivity index (χ4v) is 2.75. The van der Waals surface area contributed by atoms with Gasteiger partial charge in [0.2, 0.25) is 0 Å². The minimum absolute atomic E-state index is 0.0778. The first kappa shape index (κ1) is 12.8. The molecule has 2 fully saturated rings. The number of hydrogen-bond acceptors (Lipinski definition) is 5. The normalized spacial score (nSPS) is 25.5. The van der Waals surface area contributed by atoms with Gasteiger partial charge < -0.3 is 14.8 Å². The highest BCUT2D eigenvalue weighted by molar-refractivity contribution is 5.76. The smallest absolute Gasteiger partial charge is 0.323 e. The van der Waals surface area contributed by atoms with E-state index in [1.54, 1.807) is 0 Å². The van der Waals surface area contributed by atoms with Crippen LogP contribution >= 0.6 is 0 Å². The molecule has 0 aromatic heterocycles. The van der Waals surface area contributed by atoms with Crippen molar-refractivity contribution >= 4 is 5.97 Å². The van der Waals surface area contributed by atoms with Gasteiger partial charge in [-0.2, -0.15) is 0 Å². The van der Waals surface area contributed by atoms with Gasteiger partial charge in [0.15, 0.2) is 0 Å². The van der Waals surface area contributed by atoms with Gasteiger partial charge in [0.1, 0.15) is 6.04 Å². The number of methoxy groups -OCH3 is 1. The highest BCUT2D eigenvalue weighted by Gasteiger charge is 2.35. The number of carbonyl (C=O) groups is 1. The number of rotatable bonds is 3. The van der Waals surface area contributed by atoms with E-state index in [9.17, 15) is 4.79 Å². The number of ether oxygens (including phenoxy) is 2. The predicted octanol–water partition coefficient (Wildman–Crippen LogP) is -0.140. The molecular formula is C12H22N2O3. The zero-order valence-electron chi connectivity index (χ0n) is 10.5. The van der Waals surface area contributed by atoms with Crippen LogP contribution in [0.4, 0.5) is 0 Å². The molecule has 5 heteroatoms. The van der Waals surface area contributed by atoms with Crippen LogP contribution in [0.15, 0.2) is 0 Å². The zero-order valence-corrected chi connectivity index (χ0v) is 10.5. The van der Waals surface area contributed by atoms with Crippen molar-refractivity contribution in [2.45, 2.75) is 18.9 Å². The molecule has 2 saturated heterocycles. The molecule has 2 rings (SSSR count). The number of hydrogen-bond donors (Lipinski definition) is 1. The fraction of sp³-hybridized carbons (Fsp3) is 0.917. The van der Waals surface area contributed by atoms with Crippen molar-refractivity contribution in [2.75, 3.05) is 46.5 Å². The van der Waals surface area contributed by atoms with Crippen LogP contribution in [0.5, 0.6) is 0 Å². The summed E-state index contributed by atoms with van der Waals surface area (Å²) in [5, 5.41) is 3.31. The Labute approximate surface area is 102 Å². The Morgan fingerprint density at radius 2 is 2.00 bits per heavy atom. The van der Waals surface area contributed by atoms with Gasteiger partial charge in [-0.05, 0) is 18.8 Å². The minimum Gasteiger partial charge on any atom is -0.468 e. The zero-order chi connectivity index (χ0) is 12.1. The van der Waals surface area contributed by atoms with Crippen LogP contribution in [0, 0.1) is 5.92 Å². The van der Waals surface area contributed by atoms with Crippen LogP contribution in [-0.2, 0) is 14.3 Å². The standard InChI is InChI=1S/C12H22N2O3/c1-16-12(15)11(10-2-8-17-9-3-10)14-6-4-13-5-7-14/h10-11,13H,2-9H2,1H3. The van der Waals surface area contributed by atoms with E-state index in [0.29, 0.717) is 5.92 Å². The second-order valence-electron chi connectivity index (χ2n) is 4.70. The average Bonchev–Trinajstić information content (AvgIpc) is 2.41. The van der Waals surface area contributed by atoms with Crippen LogP contribution in [0.3, 0.4) is 0 Å². The third-order valence-electron chi connectivity index (χ3n) is 3.70. The van der Waals surface area contributed by atoms with Gasteiger partial charge in [-0.1, -0.05) is 0 Å². The average molecular weight is 242 g/mol. The molecule has 0 bridgehead atoms. The van der Waals surface area contributed by atoms with Crippen molar-refractivity contribution in [2.24, 2.45) is 5.92 Å². The van der Waals surface area contributed by atoms with Crippen molar-refractivity contribution < 1.29 is 14.3 Å². The summed E-state index contributed by atoms with van der Waals surface area (Å²) in [6.07, 6.45) is 1.92. The van der Waals surface area contributed by atoms with E-state index in [4.69, 9.17) is 9.47 Å². The first-order chi connectivity index (χ1) is 8.33. The predicted molar refractivity (Wildman–Crippen MR) is 63.8 cm³/mol. The molecule has 2 aliphatic heterocycles. The van der Waals surface area contributed by atoms with E-state index in [-0.39, 0.29) is 12.0 Å². The van der Waals surface area contributed by atoms with Crippen LogP contribution in [0.2, 0.25) is 0 Å². The van der Waals surface area contributed by atoms with Gasteiger partial charge in [-0.25, -0.2) is 0 Å². The summed E-state index contributed by atoms with van der Waals surface area (Å²) in [6.45, 7) is 5.30. The number of carbonyl (C=O) groups excluding carboxylic acids is 1. The molecule has 5 nitrogen and oxygen atoms in total. The van der Waals surface area contributed by atoms with Crippen LogP contribution in [0.25, 0.3) is 0 Å². The first-order valence-corrected chi connectivity index (χ1v) is 6.43. The van der Waals surface area contributed by atoms with Crippen LogP contribution < -0.4 is 5.32 Å². The number of piperazine rings is 1. The third kappa shape index (κ3) is 3.18. The number of nitrogens with one attached hydrogen (secondary N) is 1. The van der Waals surface area contributed by atoms with Crippen LogP contribution in [-0.4, -0.2) is 63.4 Å². The highest BCUT2D eigenvalue weighted by Crippen LogP contribution is 2.24. The quantitative estimate of drug-likeness (QED) is 0.698. The molecule has 17 heavy (non-hydrogen) atoms. The Morgan fingerprint density at radius 3 is 2.59 bits per heavy atom. The molecule has 0 aromatic rings. The monoisotopic (exact) mass is 242 g/mol.